The molecule has 25 heavy (non-hydrogen) atoms. The number of furan rings is 1. The molecule has 2 heterocycles. The maximum Gasteiger partial charge on any atom is 0.289 e. The Morgan fingerprint density at radius 3 is 2.24 bits per heavy atom. The molecule has 2 saturated carbocycles. The summed E-state index contributed by atoms with van der Waals surface area (Å²) in [6.45, 7) is 1.72. The Hall–Kier alpha value is -2.31. The predicted octanol–water partition coefficient (Wildman–Crippen LogP) is -0.0238. The van der Waals surface area contributed by atoms with Crippen molar-refractivity contribution in [2.45, 2.75) is 19.3 Å². The topological polar surface area (TPSA) is 93.9 Å². The van der Waals surface area contributed by atoms with Gasteiger partial charge in [-0.15, -0.1) is 0 Å². The third kappa shape index (κ3) is 2.71. The van der Waals surface area contributed by atoms with Gasteiger partial charge in [0, 0.05) is 44.0 Å². The van der Waals surface area contributed by atoms with E-state index >= 15 is 0 Å². The summed E-state index contributed by atoms with van der Waals surface area (Å²) in [6, 6.07) is 3.29. The lowest BCUT2D eigenvalue weighted by molar-refractivity contribution is -0.314. The molecule has 0 spiro atoms. The van der Waals surface area contributed by atoms with Gasteiger partial charge in [-0.3, -0.25) is 9.59 Å². The summed E-state index contributed by atoms with van der Waals surface area (Å²) < 4.78 is 5.13. The first-order valence-corrected chi connectivity index (χ1v) is 8.88. The van der Waals surface area contributed by atoms with Gasteiger partial charge in [-0.2, -0.15) is 0 Å². The van der Waals surface area contributed by atoms with E-state index in [1.54, 1.807) is 21.9 Å². The van der Waals surface area contributed by atoms with Gasteiger partial charge in [0.25, 0.3) is 5.91 Å². The van der Waals surface area contributed by atoms with E-state index in [1.165, 1.54) is 6.26 Å². The number of carboxylic acids is 1. The Morgan fingerprint density at radius 2 is 1.64 bits per heavy atom. The van der Waals surface area contributed by atoms with E-state index in [2.05, 4.69) is 0 Å². The molecule has 2 amide bonds. The minimum atomic E-state index is -1.09. The Labute approximate surface area is 145 Å². The summed E-state index contributed by atoms with van der Waals surface area (Å²) >= 11 is 0. The molecule has 1 aromatic rings. The number of carboxylic acid groups (broad SMARTS) is 1. The second kappa shape index (κ2) is 6.20. The smallest absolute Gasteiger partial charge is 0.289 e. The molecule has 0 radical (unpaired) electrons. The Morgan fingerprint density at radius 1 is 1.00 bits per heavy atom. The third-order valence-corrected chi connectivity index (χ3v) is 6.08. The molecule has 0 aromatic carbocycles. The molecule has 0 unspecified atom stereocenters. The van der Waals surface area contributed by atoms with Crippen molar-refractivity contribution in [3.05, 3.63) is 24.2 Å². The molecule has 1 saturated heterocycles. The van der Waals surface area contributed by atoms with Gasteiger partial charge in [0.05, 0.1) is 6.26 Å². The van der Waals surface area contributed by atoms with Crippen molar-refractivity contribution in [3.8, 4) is 0 Å². The molecule has 3 fully saturated rings. The highest BCUT2D eigenvalue weighted by molar-refractivity contribution is 5.92. The molecule has 7 heteroatoms. The molecular formula is C18H21N2O5-. The maximum atomic E-state index is 12.9. The number of rotatable bonds is 3. The molecule has 1 aromatic heterocycles. The first kappa shape index (κ1) is 16.2. The highest BCUT2D eigenvalue weighted by Gasteiger charge is 2.52. The zero-order valence-corrected chi connectivity index (χ0v) is 13.9. The van der Waals surface area contributed by atoms with Crippen LogP contribution in [0.3, 0.4) is 0 Å². The summed E-state index contributed by atoms with van der Waals surface area (Å²) in [6.07, 6.45) is 4.11. The van der Waals surface area contributed by atoms with Gasteiger partial charge < -0.3 is 24.1 Å². The lowest BCUT2D eigenvalue weighted by Crippen LogP contribution is -2.54. The molecule has 4 atom stereocenters. The largest absolute Gasteiger partial charge is 0.550 e. The van der Waals surface area contributed by atoms with Crippen LogP contribution < -0.4 is 5.11 Å². The van der Waals surface area contributed by atoms with E-state index in [4.69, 9.17) is 4.42 Å². The molecular weight excluding hydrogens is 324 g/mol. The number of carbonyl (C=O) groups excluding carboxylic acids is 3. The van der Waals surface area contributed by atoms with Crippen LogP contribution >= 0.6 is 0 Å². The van der Waals surface area contributed by atoms with E-state index in [-0.39, 0.29) is 23.7 Å². The fourth-order valence-electron chi connectivity index (χ4n) is 4.88. The fraction of sp³-hybridized carbons (Fsp3) is 0.611. The van der Waals surface area contributed by atoms with E-state index in [9.17, 15) is 19.5 Å². The summed E-state index contributed by atoms with van der Waals surface area (Å²) in [5, 5.41) is 11.5. The van der Waals surface area contributed by atoms with Gasteiger partial charge in [-0.1, -0.05) is 0 Å². The first-order chi connectivity index (χ1) is 12.1. The van der Waals surface area contributed by atoms with Crippen molar-refractivity contribution < 1.29 is 23.9 Å². The molecule has 2 aliphatic carbocycles. The SMILES string of the molecule is O=C([O-])[C@H]1[C@H]2CC[C@H](C2)[C@H]1C(=O)N1CCN(C(=O)c2ccco2)CC1. The van der Waals surface area contributed by atoms with Crippen LogP contribution in [0.25, 0.3) is 0 Å². The summed E-state index contributed by atoms with van der Waals surface area (Å²) in [4.78, 5) is 40.1. The number of nitrogens with zero attached hydrogens (tertiary/aromatic N) is 2. The summed E-state index contributed by atoms with van der Waals surface area (Å²) in [5.74, 6) is -1.88. The number of piperazine rings is 1. The van der Waals surface area contributed by atoms with Crippen LogP contribution in [0.2, 0.25) is 0 Å². The molecule has 134 valence electrons. The monoisotopic (exact) mass is 345 g/mol. The molecule has 3 aliphatic rings. The van der Waals surface area contributed by atoms with E-state index < -0.39 is 17.8 Å². The van der Waals surface area contributed by atoms with Crippen molar-refractivity contribution in [1.82, 2.24) is 9.80 Å². The van der Waals surface area contributed by atoms with Gasteiger partial charge in [-0.05, 0) is 43.2 Å². The summed E-state index contributed by atoms with van der Waals surface area (Å²) in [5.41, 5.74) is 0. The molecule has 2 bridgehead atoms. The number of hydrogen-bond donors (Lipinski definition) is 0. The Kier molecular flexibility index (Phi) is 4.01. The van der Waals surface area contributed by atoms with E-state index in [0.29, 0.717) is 31.9 Å². The van der Waals surface area contributed by atoms with Gasteiger partial charge in [0.1, 0.15) is 0 Å². The number of aliphatic carboxylic acids is 1. The van der Waals surface area contributed by atoms with Gasteiger partial charge in [0.2, 0.25) is 5.91 Å². The highest BCUT2D eigenvalue weighted by Crippen LogP contribution is 2.52. The summed E-state index contributed by atoms with van der Waals surface area (Å²) in [7, 11) is 0. The molecule has 4 rings (SSSR count). The highest BCUT2D eigenvalue weighted by atomic mass is 16.4. The van der Waals surface area contributed by atoms with Crippen LogP contribution in [0, 0.1) is 23.7 Å². The third-order valence-electron chi connectivity index (χ3n) is 6.08. The van der Waals surface area contributed by atoms with Crippen molar-refractivity contribution in [1.29, 1.82) is 0 Å². The van der Waals surface area contributed by atoms with Crippen LogP contribution in [0.4, 0.5) is 0 Å². The van der Waals surface area contributed by atoms with Gasteiger partial charge in [0.15, 0.2) is 5.76 Å². The molecule has 0 N–H and O–H groups in total. The standard InChI is InChI=1S/C18H22N2O5/c21-16(13-2-1-9-25-13)19-5-7-20(8-6-19)17(22)14-11-3-4-12(10-11)15(14)18(23)24/h1-2,9,11-12,14-15H,3-8,10H2,(H,23,24)/p-1/t11-,12+,14-,15+/m1/s1. The molecule has 7 nitrogen and oxygen atoms in total. The van der Waals surface area contributed by atoms with Crippen LogP contribution in [0.5, 0.6) is 0 Å². The fourth-order valence-corrected chi connectivity index (χ4v) is 4.88. The van der Waals surface area contributed by atoms with Crippen LogP contribution in [-0.4, -0.2) is 53.8 Å². The number of hydrogen-bond acceptors (Lipinski definition) is 5. The van der Waals surface area contributed by atoms with Crippen molar-refractivity contribution in [2.75, 3.05) is 26.2 Å². The minimum Gasteiger partial charge on any atom is -0.550 e. The van der Waals surface area contributed by atoms with Crippen LogP contribution in [-0.2, 0) is 9.59 Å². The van der Waals surface area contributed by atoms with Crippen molar-refractivity contribution >= 4 is 17.8 Å². The first-order valence-electron chi connectivity index (χ1n) is 8.88. The average Bonchev–Trinajstić information content (AvgIpc) is 3.36. The van der Waals surface area contributed by atoms with Gasteiger partial charge >= 0.3 is 0 Å². The van der Waals surface area contributed by atoms with E-state index in [0.717, 1.165) is 19.3 Å². The zero-order chi connectivity index (χ0) is 17.6. The quantitative estimate of drug-likeness (QED) is 0.767. The maximum absolute atomic E-state index is 12.9. The van der Waals surface area contributed by atoms with Crippen molar-refractivity contribution in [3.63, 3.8) is 0 Å². The van der Waals surface area contributed by atoms with Crippen LogP contribution in [0.15, 0.2) is 22.8 Å². The lowest BCUT2D eigenvalue weighted by Gasteiger charge is -2.39. The zero-order valence-electron chi connectivity index (χ0n) is 13.9. The lowest BCUT2D eigenvalue weighted by atomic mass is 9.78. The second-order valence-corrected chi connectivity index (χ2v) is 7.30. The van der Waals surface area contributed by atoms with Crippen LogP contribution in [0.1, 0.15) is 29.8 Å². The molecule has 1 aliphatic heterocycles. The second-order valence-electron chi connectivity index (χ2n) is 7.30. The van der Waals surface area contributed by atoms with E-state index in [1.807, 2.05) is 0 Å². The average molecular weight is 345 g/mol. The number of carbonyl (C=O) groups is 3. The normalized spacial score (nSPS) is 31.4. The number of amides is 2. The minimum absolute atomic E-state index is 0.0773. The number of fused-ring (bicyclic) bond motifs is 2. The Bertz CT molecular complexity index is 678. The Balaban J connectivity index is 1.40. The van der Waals surface area contributed by atoms with Gasteiger partial charge in [-0.25, -0.2) is 0 Å². The van der Waals surface area contributed by atoms with Crippen molar-refractivity contribution in [2.24, 2.45) is 23.7 Å². The predicted molar refractivity (Wildman–Crippen MR) is 84.0 cm³/mol.